The number of hydrogen-bond donors (Lipinski definition) is 4. The van der Waals surface area contributed by atoms with Gasteiger partial charge >= 0.3 is 0 Å². The number of anilines is 4. The normalized spacial score (nSPS) is 16.6. The van der Waals surface area contributed by atoms with Crippen molar-refractivity contribution in [2.45, 2.75) is 234 Å². The van der Waals surface area contributed by atoms with E-state index >= 15 is 9.90 Å². The van der Waals surface area contributed by atoms with E-state index in [1.165, 1.54) is 22.3 Å². The molecule has 5 aromatic rings. The fourth-order valence-electron chi connectivity index (χ4n) is 13.4. The Morgan fingerprint density at radius 1 is 0.489 bits per heavy atom. The van der Waals surface area contributed by atoms with Crippen molar-refractivity contribution in [1.29, 1.82) is 0 Å². The lowest BCUT2D eigenvalue weighted by Crippen LogP contribution is -2.35. The highest BCUT2D eigenvalue weighted by molar-refractivity contribution is 6.40. The van der Waals surface area contributed by atoms with Gasteiger partial charge in [-0.1, -0.05) is 211 Å². The molecule has 0 unspecified atom stereocenters. The molecule has 0 bridgehead atoms. The number of Topliss-reactive ketones (excluding diaryl/α,β-unsaturated/α-hetero) is 1. The van der Waals surface area contributed by atoms with Crippen molar-refractivity contribution in [1.82, 2.24) is 20.5 Å². The van der Waals surface area contributed by atoms with E-state index in [2.05, 4.69) is 228 Å². The molecule has 9 rings (SSSR count). The number of carbonyl (C=O) groups excluding carboxylic acids is 5. The van der Waals surface area contributed by atoms with E-state index in [-0.39, 0.29) is 92.8 Å². The van der Waals surface area contributed by atoms with Crippen LogP contribution in [0.25, 0.3) is 5.57 Å². The average Bonchev–Trinajstić information content (AvgIpc) is 0.727. The molecule has 0 atom stereocenters. The number of ketones is 1. The molecule has 0 aromatic heterocycles. The summed E-state index contributed by atoms with van der Waals surface area (Å²) in [5.74, 6) is -2.48. The number of carbonyl (C=O) groups is 5. The van der Waals surface area contributed by atoms with Gasteiger partial charge in [-0.3, -0.25) is 24.0 Å². The van der Waals surface area contributed by atoms with Crippen LogP contribution in [0, 0.1) is 0 Å². The van der Waals surface area contributed by atoms with Gasteiger partial charge in [-0.15, -0.1) is 0 Å². The Kier molecular flexibility index (Phi) is 20.4. The maximum Gasteiger partial charge on any atom is 0.224 e. The molecule has 4 amide bonds. The molecule has 0 radical (unpaired) electrons. The third-order valence-corrected chi connectivity index (χ3v) is 19.5. The summed E-state index contributed by atoms with van der Waals surface area (Å²) in [7, 11) is 0. The van der Waals surface area contributed by atoms with Crippen LogP contribution in [-0.2, 0) is 56.5 Å². The lowest BCUT2D eigenvalue weighted by molar-refractivity contribution is -0.297. The smallest absolute Gasteiger partial charge is 0.224 e. The Labute approximate surface area is 561 Å². The summed E-state index contributed by atoms with van der Waals surface area (Å²) in [6, 6.07) is 32.1. The first-order valence-corrected chi connectivity index (χ1v) is 34.5. The molecule has 0 saturated heterocycles. The molecule has 0 spiro atoms. The highest BCUT2D eigenvalue weighted by atomic mass is 16.3. The van der Waals surface area contributed by atoms with Crippen molar-refractivity contribution < 1.29 is 29.1 Å². The second-order valence-corrected chi connectivity index (χ2v) is 31.6. The van der Waals surface area contributed by atoms with Crippen LogP contribution in [0.4, 0.5) is 34.1 Å². The van der Waals surface area contributed by atoms with Crippen molar-refractivity contribution in [2.24, 2.45) is 0 Å². The van der Waals surface area contributed by atoms with Gasteiger partial charge in [-0.2, -0.15) is 4.58 Å². The van der Waals surface area contributed by atoms with Gasteiger partial charge in [-0.05, 0) is 110 Å². The predicted molar refractivity (Wildman–Crippen MR) is 385 cm³/mol. The average molecular weight is 1270 g/mol. The summed E-state index contributed by atoms with van der Waals surface area (Å²) in [6.07, 6.45) is 13.1. The van der Waals surface area contributed by atoms with Gasteiger partial charge < -0.3 is 31.3 Å². The summed E-state index contributed by atoms with van der Waals surface area (Å²) in [4.78, 5) is 72.6. The molecule has 0 saturated carbocycles. The number of nitrogens with one attached hydrogen (secondary N) is 4. The van der Waals surface area contributed by atoms with Crippen LogP contribution >= 0.6 is 0 Å². The molecule has 0 fully saturated rings. The van der Waals surface area contributed by atoms with E-state index in [1.54, 1.807) is 12.1 Å². The largest absolute Gasteiger partial charge is 0.871 e. The molecule has 94 heavy (non-hydrogen) atoms. The van der Waals surface area contributed by atoms with Gasteiger partial charge in [0.25, 0.3) is 0 Å². The molecule has 12 nitrogen and oxygen atoms in total. The zero-order chi connectivity index (χ0) is 68.6. The summed E-state index contributed by atoms with van der Waals surface area (Å²) < 4.78 is 2.20. The summed E-state index contributed by atoms with van der Waals surface area (Å²) in [6.45, 7) is 41.0. The summed E-state index contributed by atoms with van der Waals surface area (Å²) in [5.41, 5.74) is 13.8. The zero-order valence-corrected chi connectivity index (χ0v) is 59.6. The first-order chi connectivity index (χ1) is 44.1. The maximum absolute atomic E-state index is 15.4. The van der Waals surface area contributed by atoms with Crippen LogP contribution in [0.1, 0.15) is 252 Å². The fourth-order valence-corrected chi connectivity index (χ4v) is 13.4. The Morgan fingerprint density at radius 3 is 1.36 bits per heavy atom. The quantitative estimate of drug-likeness (QED) is 0.0342. The van der Waals surface area contributed by atoms with Crippen molar-refractivity contribution in [3.63, 3.8) is 0 Å². The molecular weight excluding hydrogens is 1160 g/mol. The fraction of sp³-hybridized carbons (Fsp3) is 0.463. The molecular formula is C82H104N6O6. The van der Waals surface area contributed by atoms with Gasteiger partial charge in [0.1, 0.15) is 0 Å². The van der Waals surface area contributed by atoms with E-state index < -0.39 is 34.2 Å². The minimum atomic E-state index is -0.555. The minimum absolute atomic E-state index is 0.0499. The minimum Gasteiger partial charge on any atom is -0.871 e. The molecule has 4 aliphatic rings. The summed E-state index contributed by atoms with van der Waals surface area (Å²) in [5, 5.41) is 27.5. The van der Waals surface area contributed by atoms with E-state index in [9.17, 15) is 19.2 Å². The number of unbranched alkanes of at least 4 members (excludes halogenated alkanes) is 6. The van der Waals surface area contributed by atoms with Gasteiger partial charge in [0.2, 0.25) is 40.7 Å². The third kappa shape index (κ3) is 14.7. The van der Waals surface area contributed by atoms with Crippen LogP contribution in [0.3, 0.4) is 0 Å². The highest BCUT2D eigenvalue weighted by Crippen LogP contribution is 2.55. The van der Waals surface area contributed by atoms with E-state index in [0.29, 0.717) is 24.5 Å². The highest BCUT2D eigenvalue weighted by Gasteiger charge is 2.45. The number of benzene rings is 5. The van der Waals surface area contributed by atoms with Crippen molar-refractivity contribution in [3.05, 3.63) is 182 Å². The number of nitrogens with zero attached hydrogens (tertiary/aromatic N) is 2. The van der Waals surface area contributed by atoms with Crippen LogP contribution < -0.4 is 35.8 Å². The Bertz CT molecular complexity index is 3850. The topological polar surface area (TPSA) is 163 Å². The van der Waals surface area contributed by atoms with Crippen LogP contribution in [0.5, 0.6) is 0 Å². The van der Waals surface area contributed by atoms with Crippen molar-refractivity contribution in [2.75, 3.05) is 23.3 Å². The maximum atomic E-state index is 15.4. The monoisotopic (exact) mass is 1270 g/mol. The number of hydrogen-bond acceptors (Lipinski definition) is 7. The number of fused-ring (bicyclic) bond motifs is 4. The summed E-state index contributed by atoms with van der Waals surface area (Å²) >= 11 is 0. The standard InChI is InChI=1S/C82H104N6O6/c1-19-21-23-25-43-83-69(89)39-41-71(91)85-63-49-55(87-65-35-27-51(77(3,4)5)45-59(65)81(15,16)60-46-52(78(6,7)8)28-36-66(60)87)31-33-57(63)73-75(93)74(76(73)94)58-34-32-56(50-64(58)86-72(92)42-40-70(90)84-44-26-24-22-20-2)88-67-37-29-53(79(9,10)11)47-61(67)82(17,18)62-48-54(80(12,13)14)30-38-68(62)88/h27-38,45-50H,19-26,39-44H2,1-18H3,(H4,83,84,85,86,89,90,91,92,93,94). The first-order valence-electron chi connectivity index (χ1n) is 34.5. The molecule has 12 heteroatoms. The number of allylic oxidation sites excluding steroid dienone is 5. The van der Waals surface area contributed by atoms with Crippen molar-refractivity contribution >= 4 is 74.8 Å². The lowest BCUT2D eigenvalue weighted by Gasteiger charge is -2.43. The molecule has 5 aromatic carbocycles. The molecule has 2 aliphatic heterocycles. The Balaban J connectivity index is 1.19. The molecule has 2 aliphatic carbocycles. The molecule has 4 N–H and O–H groups in total. The second kappa shape index (κ2) is 27.3. The van der Waals surface area contributed by atoms with Crippen molar-refractivity contribution in [3.8, 4) is 0 Å². The van der Waals surface area contributed by atoms with Crippen LogP contribution in [0.15, 0.2) is 132 Å². The predicted octanol–water partition coefficient (Wildman–Crippen LogP) is 17.0. The number of rotatable bonds is 20. The van der Waals surface area contributed by atoms with Crippen LogP contribution in [0.2, 0.25) is 0 Å². The zero-order valence-electron chi connectivity index (χ0n) is 59.6. The third-order valence-electron chi connectivity index (χ3n) is 19.5. The van der Waals surface area contributed by atoms with Gasteiger partial charge in [0.15, 0.2) is 5.78 Å². The van der Waals surface area contributed by atoms with Gasteiger partial charge in [-0.25, -0.2) is 0 Å². The van der Waals surface area contributed by atoms with Gasteiger partial charge in [0, 0.05) is 113 Å². The SMILES string of the molecule is CCCCCCNC(=O)CCC(=O)NC1=CC(=[N+]2c3ccc(C(C)(C)C)cc3C(C)(C)c3cc(C(C)(C)C)ccc32)C=CC1=C1C(=O)C(c2ccc(N3c4ccc(C(C)(C)C)cc4C(C)(C)c4cc(C(C)(C)C)ccc43)cc2NC(=O)CCC(=O)NCCCCCC)=C1[O-]. The Hall–Kier alpha value is -8.12. The van der Waals surface area contributed by atoms with E-state index in [1.807, 2.05) is 24.3 Å². The van der Waals surface area contributed by atoms with E-state index in [4.69, 9.17) is 0 Å². The lowest BCUT2D eigenvalue weighted by atomic mass is 9.70. The molecule has 2 heterocycles. The molecule has 498 valence electrons. The van der Waals surface area contributed by atoms with Gasteiger partial charge in [0.05, 0.1) is 22.8 Å². The number of amides is 4. The van der Waals surface area contributed by atoms with Crippen LogP contribution in [-0.4, -0.2) is 48.2 Å². The Morgan fingerprint density at radius 2 is 0.915 bits per heavy atom. The second-order valence-electron chi connectivity index (χ2n) is 31.6. The van der Waals surface area contributed by atoms with E-state index in [0.717, 1.165) is 96.4 Å². The first kappa shape index (κ1) is 70.2.